The van der Waals surface area contributed by atoms with Crippen LogP contribution in [0.3, 0.4) is 0 Å². The molecule has 132 valence electrons. The zero-order valence-electron chi connectivity index (χ0n) is 14.9. The first-order valence-electron chi connectivity index (χ1n) is 8.43. The summed E-state index contributed by atoms with van der Waals surface area (Å²) >= 11 is 0. The summed E-state index contributed by atoms with van der Waals surface area (Å²) in [7, 11) is 3.11. The van der Waals surface area contributed by atoms with E-state index in [1.807, 2.05) is 7.05 Å². The summed E-state index contributed by atoms with van der Waals surface area (Å²) in [5.74, 6) is -0.750. The van der Waals surface area contributed by atoms with E-state index >= 15 is 0 Å². The van der Waals surface area contributed by atoms with Crippen molar-refractivity contribution in [1.29, 1.82) is 0 Å². The monoisotopic (exact) mass is 334 g/mol. The molecule has 0 radical (unpaired) electrons. The number of ether oxygens (including phenoxy) is 1. The maximum absolute atomic E-state index is 12.6. The van der Waals surface area contributed by atoms with Crippen molar-refractivity contribution in [2.45, 2.75) is 58.4 Å². The third-order valence-electron chi connectivity index (χ3n) is 4.91. The van der Waals surface area contributed by atoms with Gasteiger partial charge in [0.05, 0.1) is 24.8 Å². The number of nitrogens with one attached hydrogen (secondary N) is 1. The standard InChI is InChI=1S/C18H26N2O4/c1-11-16(18(23)24-4)14(19-17(11)12(2)21)10-15(22)20(3)13-8-6-5-7-9-13/h13,19H,5-10H2,1-4H3. The molecule has 0 aliphatic heterocycles. The van der Waals surface area contributed by atoms with Gasteiger partial charge in [0.1, 0.15) is 0 Å². The van der Waals surface area contributed by atoms with Crippen LogP contribution in [0.1, 0.15) is 71.1 Å². The molecule has 2 rings (SSSR count). The van der Waals surface area contributed by atoms with Gasteiger partial charge >= 0.3 is 5.97 Å². The molecule has 1 heterocycles. The van der Waals surface area contributed by atoms with Crippen LogP contribution in [0.25, 0.3) is 0 Å². The van der Waals surface area contributed by atoms with Gasteiger partial charge in [-0.25, -0.2) is 4.79 Å². The topological polar surface area (TPSA) is 79.5 Å². The van der Waals surface area contributed by atoms with Gasteiger partial charge in [-0.3, -0.25) is 9.59 Å². The Hall–Kier alpha value is -2.11. The number of ketones is 1. The van der Waals surface area contributed by atoms with Crippen molar-refractivity contribution in [3.05, 3.63) is 22.5 Å². The second kappa shape index (κ2) is 7.64. The van der Waals surface area contributed by atoms with Gasteiger partial charge in [-0.1, -0.05) is 19.3 Å². The number of likely N-dealkylation sites (N-methyl/N-ethyl adjacent to an activating group) is 1. The number of rotatable bonds is 5. The predicted octanol–water partition coefficient (Wildman–Crippen LogP) is 2.65. The number of H-pyrrole nitrogens is 1. The molecular weight excluding hydrogens is 308 g/mol. The van der Waals surface area contributed by atoms with Crippen molar-refractivity contribution < 1.29 is 19.1 Å². The fourth-order valence-corrected chi connectivity index (χ4v) is 3.47. The average Bonchev–Trinajstić information content (AvgIpc) is 2.90. The van der Waals surface area contributed by atoms with Gasteiger partial charge in [0.15, 0.2) is 5.78 Å². The predicted molar refractivity (Wildman–Crippen MR) is 90.2 cm³/mol. The third-order valence-corrected chi connectivity index (χ3v) is 4.91. The van der Waals surface area contributed by atoms with Crippen LogP contribution in [0.5, 0.6) is 0 Å². The van der Waals surface area contributed by atoms with Gasteiger partial charge in [-0.2, -0.15) is 0 Å². The lowest BCUT2D eigenvalue weighted by atomic mass is 9.94. The van der Waals surface area contributed by atoms with E-state index in [-0.39, 0.29) is 24.2 Å². The molecule has 1 N–H and O–H groups in total. The summed E-state index contributed by atoms with van der Waals surface area (Å²) in [6.45, 7) is 3.12. The molecule has 1 aliphatic rings. The molecular formula is C18H26N2O4. The number of amides is 1. The van der Waals surface area contributed by atoms with E-state index in [0.29, 0.717) is 22.5 Å². The van der Waals surface area contributed by atoms with Crippen molar-refractivity contribution in [3.63, 3.8) is 0 Å². The number of Topliss-reactive ketones (excluding diaryl/α,β-unsaturated/α-hetero) is 1. The zero-order valence-corrected chi connectivity index (χ0v) is 14.9. The molecule has 6 nitrogen and oxygen atoms in total. The average molecular weight is 334 g/mol. The second-order valence-electron chi connectivity index (χ2n) is 6.50. The fourth-order valence-electron chi connectivity index (χ4n) is 3.47. The molecule has 0 aromatic carbocycles. The Balaban J connectivity index is 2.24. The number of aromatic amines is 1. The highest BCUT2D eigenvalue weighted by molar-refractivity contribution is 6.01. The highest BCUT2D eigenvalue weighted by Gasteiger charge is 2.27. The van der Waals surface area contributed by atoms with Crippen LogP contribution in [-0.4, -0.2) is 47.7 Å². The van der Waals surface area contributed by atoms with Crippen molar-refractivity contribution in [1.82, 2.24) is 9.88 Å². The van der Waals surface area contributed by atoms with Crippen molar-refractivity contribution in [2.75, 3.05) is 14.2 Å². The smallest absolute Gasteiger partial charge is 0.339 e. The molecule has 6 heteroatoms. The highest BCUT2D eigenvalue weighted by Crippen LogP contribution is 2.24. The molecule has 0 unspecified atom stereocenters. The van der Waals surface area contributed by atoms with E-state index in [4.69, 9.17) is 4.74 Å². The maximum Gasteiger partial charge on any atom is 0.339 e. The quantitative estimate of drug-likeness (QED) is 0.663. The molecule has 1 amide bonds. The van der Waals surface area contributed by atoms with Crippen LogP contribution in [0, 0.1) is 6.92 Å². The highest BCUT2D eigenvalue weighted by atomic mass is 16.5. The number of carbonyl (C=O) groups is 3. The minimum Gasteiger partial charge on any atom is -0.465 e. The molecule has 0 bridgehead atoms. The van der Waals surface area contributed by atoms with E-state index in [9.17, 15) is 14.4 Å². The number of aromatic nitrogens is 1. The molecule has 0 saturated heterocycles. The summed E-state index contributed by atoms with van der Waals surface area (Å²) < 4.78 is 4.81. The lowest BCUT2D eigenvalue weighted by Crippen LogP contribution is -2.39. The maximum atomic E-state index is 12.6. The largest absolute Gasteiger partial charge is 0.465 e. The number of methoxy groups -OCH3 is 1. The van der Waals surface area contributed by atoms with Gasteiger partial charge in [0, 0.05) is 25.7 Å². The summed E-state index contributed by atoms with van der Waals surface area (Å²) in [5, 5.41) is 0. The van der Waals surface area contributed by atoms with Crippen molar-refractivity contribution in [2.24, 2.45) is 0 Å². The Morgan fingerprint density at radius 2 is 1.83 bits per heavy atom. The van der Waals surface area contributed by atoms with Crippen LogP contribution >= 0.6 is 0 Å². The fraction of sp³-hybridized carbons (Fsp3) is 0.611. The van der Waals surface area contributed by atoms with Gasteiger partial charge in [0.2, 0.25) is 5.91 Å². The second-order valence-corrected chi connectivity index (χ2v) is 6.50. The SMILES string of the molecule is COC(=O)c1c(CC(=O)N(C)C2CCCCC2)[nH]c(C(C)=O)c1C. The molecule has 1 aromatic heterocycles. The first kappa shape index (κ1) is 18.2. The summed E-state index contributed by atoms with van der Waals surface area (Å²) in [4.78, 5) is 41.2. The van der Waals surface area contributed by atoms with E-state index in [1.54, 1.807) is 11.8 Å². The van der Waals surface area contributed by atoms with Gasteiger partial charge < -0.3 is 14.6 Å². The van der Waals surface area contributed by atoms with E-state index in [1.165, 1.54) is 20.5 Å². The summed E-state index contributed by atoms with van der Waals surface area (Å²) in [6.07, 6.45) is 5.62. The van der Waals surface area contributed by atoms with Crippen LogP contribution in [0.15, 0.2) is 0 Å². The van der Waals surface area contributed by atoms with Crippen LogP contribution in [0.4, 0.5) is 0 Å². The van der Waals surface area contributed by atoms with E-state index in [0.717, 1.165) is 25.7 Å². The normalized spacial score (nSPS) is 15.2. The van der Waals surface area contributed by atoms with Crippen LogP contribution < -0.4 is 0 Å². The number of hydrogen-bond acceptors (Lipinski definition) is 4. The molecule has 1 aliphatic carbocycles. The number of hydrogen-bond donors (Lipinski definition) is 1. The Labute approximate surface area is 142 Å². The van der Waals surface area contributed by atoms with Crippen LogP contribution in [0.2, 0.25) is 0 Å². The lowest BCUT2D eigenvalue weighted by Gasteiger charge is -2.31. The molecule has 0 atom stereocenters. The Morgan fingerprint density at radius 3 is 2.38 bits per heavy atom. The van der Waals surface area contributed by atoms with E-state index in [2.05, 4.69) is 4.98 Å². The van der Waals surface area contributed by atoms with Gasteiger partial charge in [-0.15, -0.1) is 0 Å². The molecule has 0 spiro atoms. The van der Waals surface area contributed by atoms with Crippen LogP contribution in [-0.2, 0) is 16.0 Å². The number of esters is 1. The Bertz CT molecular complexity index is 642. The molecule has 1 aromatic rings. The van der Waals surface area contributed by atoms with Gasteiger partial charge in [0.25, 0.3) is 0 Å². The number of carbonyl (C=O) groups excluding carboxylic acids is 3. The number of nitrogens with zero attached hydrogens (tertiary/aromatic N) is 1. The summed E-state index contributed by atoms with van der Waals surface area (Å²) in [6, 6.07) is 0.260. The Kier molecular flexibility index (Phi) is 5.80. The van der Waals surface area contributed by atoms with E-state index < -0.39 is 5.97 Å². The summed E-state index contributed by atoms with van der Waals surface area (Å²) in [5.41, 5.74) is 1.65. The molecule has 1 fully saturated rings. The minimum absolute atomic E-state index is 0.0524. The van der Waals surface area contributed by atoms with Crippen molar-refractivity contribution >= 4 is 17.7 Å². The molecule has 24 heavy (non-hydrogen) atoms. The van der Waals surface area contributed by atoms with Gasteiger partial charge in [-0.05, 0) is 25.3 Å². The first-order chi connectivity index (χ1) is 11.4. The van der Waals surface area contributed by atoms with Crippen molar-refractivity contribution in [3.8, 4) is 0 Å². The Morgan fingerprint density at radius 1 is 1.21 bits per heavy atom. The zero-order chi connectivity index (χ0) is 17.9. The third kappa shape index (κ3) is 3.68. The lowest BCUT2D eigenvalue weighted by molar-refractivity contribution is -0.131. The minimum atomic E-state index is -0.528. The molecule has 1 saturated carbocycles. The first-order valence-corrected chi connectivity index (χ1v) is 8.43.